The maximum atomic E-state index is 12.6. The molecule has 0 aliphatic rings. The number of rotatable bonds is 5. The van der Waals surface area contributed by atoms with Crippen molar-refractivity contribution in [1.29, 1.82) is 0 Å². The lowest BCUT2D eigenvalue weighted by Crippen LogP contribution is -2.13. The van der Waals surface area contributed by atoms with E-state index in [1.54, 1.807) is 41.1 Å². The van der Waals surface area contributed by atoms with Gasteiger partial charge in [-0.1, -0.05) is 17.7 Å². The number of amides is 1. The molecular formula is C24H23N5O2. The van der Waals surface area contributed by atoms with Gasteiger partial charge in [0.15, 0.2) is 5.82 Å². The van der Waals surface area contributed by atoms with Gasteiger partial charge in [0, 0.05) is 23.0 Å². The molecular weight excluding hydrogens is 390 g/mol. The average Bonchev–Trinajstić information content (AvgIpc) is 3.09. The lowest BCUT2D eigenvalue weighted by Gasteiger charge is -2.10. The minimum atomic E-state index is -0.138. The molecule has 0 radical (unpaired) electrons. The van der Waals surface area contributed by atoms with Crippen molar-refractivity contribution in [2.75, 3.05) is 5.32 Å². The summed E-state index contributed by atoms with van der Waals surface area (Å²) in [6.45, 7) is 7.79. The zero-order chi connectivity index (χ0) is 22.0. The number of nitrogens with one attached hydrogen (secondary N) is 1. The molecule has 0 aliphatic heterocycles. The van der Waals surface area contributed by atoms with Crippen molar-refractivity contribution >= 4 is 11.6 Å². The molecule has 0 unspecified atom stereocenters. The molecule has 1 N–H and O–H groups in total. The van der Waals surface area contributed by atoms with Crippen molar-refractivity contribution in [3.8, 4) is 17.4 Å². The third-order valence-corrected chi connectivity index (χ3v) is 4.82. The van der Waals surface area contributed by atoms with E-state index < -0.39 is 0 Å². The minimum Gasteiger partial charge on any atom is -0.438 e. The smallest absolute Gasteiger partial charge is 0.255 e. The maximum Gasteiger partial charge on any atom is 0.255 e. The van der Waals surface area contributed by atoms with E-state index in [0.29, 0.717) is 28.7 Å². The fourth-order valence-corrected chi connectivity index (χ4v) is 3.25. The van der Waals surface area contributed by atoms with Crippen molar-refractivity contribution < 1.29 is 9.53 Å². The lowest BCUT2D eigenvalue weighted by molar-refractivity contribution is 0.102. The van der Waals surface area contributed by atoms with E-state index in [1.165, 1.54) is 0 Å². The molecule has 1 amide bonds. The second kappa shape index (κ2) is 8.39. The second-order valence-electron chi connectivity index (χ2n) is 7.47. The van der Waals surface area contributed by atoms with E-state index in [9.17, 15) is 4.79 Å². The summed E-state index contributed by atoms with van der Waals surface area (Å²) in [6, 6.07) is 18.5. The van der Waals surface area contributed by atoms with E-state index in [4.69, 9.17) is 4.74 Å². The predicted octanol–water partition coefficient (Wildman–Crippen LogP) is 4.94. The molecule has 156 valence electrons. The Bertz CT molecular complexity index is 1230. The summed E-state index contributed by atoms with van der Waals surface area (Å²) in [5, 5.41) is 15.6. The highest BCUT2D eigenvalue weighted by atomic mass is 16.5. The molecule has 0 bridgehead atoms. The SMILES string of the molecule is Cc1ccc(C)c(C(=O)Nc2ccc(Oc3ccc(-n4nc(C)cc4C)nn3)cc2)c1. The molecule has 0 fully saturated rings. The van der Waals surface area contributed by atoms with E-state index in [1.807, 2.05) is 52.0 Å². The minimum absolute atomic E-state index is 0.138. The standard InChI is InChI=1S/C24H23N5O2/c1-15-5-6-16(2)21(13-15)24(30)25-19-7-9-20(10-8-19)31-23-12-11-22(26-27-23)29-18(4)14-17(3)28-29/h5-14H,1-4H3,(H,25,30). The third-order valence-electron chi connectivity index (χ3n) is 4.82. The molecule has 4 rings (SSSR count). The number of carbonyl (C=O) groups excluding carboxylic acids is 1. The van der Waals surface area contributed by atoms with E-state index in [2.05, 4.69) is 20.6 Å². The van der Waals surface area contributed by atoms with Gasteiger partial charge in [-0.3, -0.25) is 4.79 Å². The summed E-state index contributed by atoms with van der Waals surface area (Å²) in [5.74, 6) is 1.46. The Labute approximate surface area is 180 Å². The zero-order valence-corrected chi connectivity index (χ0v) is 17.9. The fraction of sp³-hybridized carbons (Fsp3) is 0.167. The Morgan fingerprint density at radius 2 is 1.68 bits per heavy atom. The highest BCUT2D eigenvalue weighted by molar-refractivity contribution is 6.05. The Hall–Kier alpha value is -4.00. The Morgan fingerprint density at radius 3 is 2.32 bits per heavy atom. The topological polar surface area (TPSA) is 81.9 Å². The number of aryl methyl sites for hydroxylation is 4. The van der Waals surface area contributed by atoms with Crippen LogP contribution in [0.5, 0.6) is 11.6 Å². The summed E-state index contributed by atoms with van der Waals surface area (Å²) < 4.78 is 7.50. The van der Waals surface area contributed by atoms with E-state index >= 15 is 0 Å². The Balaban J connectivity index is 1.42. The molecule has 0 saturated carbocycles. The van der Waals surface area contributed by atoms with Gasteiger partial charge in [-0.2, -0.15) is 5.10 Å². The van der Waals surface area contributed by atoms with Crippen LogP contribution in [0.1, 0.15) is 32.9 Å². The zero-order valence-electron chi connectivity index (χ0n) is 17.9. The van der Waals surface area contributed by atoms with Crippen LogP contribution in [0.15, 0.2) is 60.7 Å². The van der Waals surface area contributed by atoms with Crippen molar-refractivity contribution in [2.24, 2.45) is 0 Å². The first-order valence-corrected chi connectivity index (χ1v) is 9.93. The summed E-state index contributed by atoms with van der Waals surface area (Å²) in [5.41, 5.74) is 5.24. The molecule has 0 spiro atoms. The highest BCUT2D eigenvalue weighted by Gasteiger charge is 2.10. The quantitative estimate of drug-likeness (QED) is 0.501. The number of hydrogen-bond donors (Lipinski definition) is 1. The Kier molecular flexibility index (Phi) is 5.49. The van der Waals surface area contributed by atoms with Crippen LogP contribution >= 0.6 is 0 Å². The normalized spacial score (nSPS) is 10.7. The van der Waals surface area contributed by atoms with E-state index in [0.717, 1.165) is 22.5 Å². The third kappa shape index (κ3) is 4.61. The van der Waals surface area contributed by atoms with Crippen LogP contribution in [0.25, 0.3) is 5.82 Å². The maximum absolute atomic E-state index is 12.6. The van der Waals surface area contributed by atoms with Crippen LogP contribution in [-0.2, 0) is 0 Å². The first-order valence-electron chi connectivity index (χ1n) is 9.93. The largest absolute Gasteiger partial charge is 0.438 e. The monoisotopic (exact) mass is 413 g/mol. The fourth-order valence-electron chi connectivity index (χ4n) is 3.25. The van der Waals surface area contributed by atoms with Gasteiger partial charge in [0.2, 0.25) is 5.88 Å². The number of carbonyl (C=O) groups is 1. The molecule has 31 heavy (non-hydrogen) atoms. The molecule has 2 aromatic carbocycles. The average molecular weight is 413 g/mol. The summed E-state index contributed by atoms with van der Waals surface area (Å²) in [7, 11) is 0. The van der Waals surface area contributed by atoms with Gasteiger partial charge < -0.3 is 10.1 Å². The van der Waals surface area contributed by atoms with E-state index in [-0.39, 0.29) is 5.91 Å². The second-order valence-corrected chi connectivity index (χ2v) is 7.47. The van der Waals surface area contributed by atoms with Crippen molar-refractivity contribution in [3.63, 3.8) is 0 Å². The van der Waals surface area contributed by atoms with Crippen LogP contribution < -0.4 is 10.1 Å². The van der Waals surface area contributed by atoms with Gasteiger partial charge >= 0.3 is 0 Å². The summed E-state index contributed by atoms with van der Waals surface area (Å²) >= 11 is 0. The number of benzene rings is 2. The van der Waals surface area contributed by atoms with Crippen LogP contribution in [0, 0.1) is 27.7 Å². The first kappa shape index (κ1) is 20.3. The lowest BCUT2D eigenvalue weighted by atomic mass is 10.1. The van der Waals surface area contributed by atoms with Gasteiger partial charge in [-0.25, -0.2) is 4.68 Å². The molecule has 2 aromatic heterocycles. The van der Waals surface area contributed by atoms with Gasteiger partial charge in [0.1, 0.15) is 5.75 Å². The summed E-state index contributed by atoms with van der Waals surface area (Å²) in [4.78, 5) is 12.6. The number of hydrogen-bond acceptors (Lipinski definition) is 5. The molecule has 0 saturated heterocycles. The number of ether oxygens (including phenoxy) is 1. The van der Waals surface area contributed by atoms with Crippen LogP contribution in [-0.4, -0.2) is 25.9 Å². The molecule has 2 heterocycles. The van der Waals surface area contributed by atoms with Gasteiger partial charge in [-0.15, -0.1) is 10.2 Å². The van der Waals surface area contributed by atoms with Crippen LogP contribution in [0.3, 0.4) is 0 Å². The molecule has 7 nitrogen and oxygen atoms in total. The van der Waals surface area contributed by atoms with Crippen molar-refractivity contribution in [1.82, 2.24) is 20.0 Å². The highest BCUT2D eigenvalue weighted by Crippen LogP contribution is 2.22. The number of nitrogens with zero attached hydrogens (tertiary/aromatic N) is 4. The number of anilines is 1. The van der Waals surface area contributed by atoms with Gasteiger partial charge in [0.25, 0.3) is 5.91 Å². The van der Waals surface area contributed by atoms with Crippen molar-refractivity contribution in [2.45, 2.75) is 27.7 Å². The van der Waals surface area contributed by atoms with Crippen molar-refractivity contribution in [3.05, 3.63) is 88.7 Å². The van der Waals surface area contributed by atoms with Gasteiger partial charge in [-0.05, 0) is 75.7 Å². The number of aromatic nitrogens is 4. The van der Waals surface area contributed by atoms with Crippen LogP contribution in [0.2, 0.25) is 0 Å². The molecule has 7 heteroatoms. The molecule has 0 aliphatic carbocycles. The molecule has 4 aromatic rings. The summed E-state index contributed by atoms with van der Waals surface area (Å²) in [6.07, 6.45) is 0. The van der Waals surface area contributed by atoms with Gasteiger partial charge in [0.05, 0.1) is 5.69 Å². The first-order chi connectivity index (χ1) is 14.9. The Morgan fingerprint density at radius 1 is 0.903 bits per heavy atom. The molecule has 0 atom stereocenters. The predicted molar refractivity (Wildman–Crippen MR) is 119 cm³/mol. The van der Waals surface area contributed by atoms with Crippen LogP contribution in [0.4, 0.5) is 5.69 Å².